The quantitative estimate of drug-likeness (QED) is 0.792. The summed E-state index contributed by atoms with van der Waals surface area (Å²) in [5.74, 6) is -1.70. The predicted molar refractivity (Wildman–Crippen MR) is 71.9 cm³/mol. The molecule has 0 radical (unpaired) electrons. The van der Waals surface area contributed by atoms with E-state index in [9.17, 15) is 18.4 Å². The Morgan fingerprint density at radius 1 is 1.29 bits per heavy atom. The maximum absolute atomic E-state index is 13.6. The van der Waals surface area contributed by atoms with Crippen molar-refractivity contribution in [3.63, 3.8) is 0 Å². The van der Waals surface area contributed by atoms with Crippen molar-refractivity contribution >= 4 is 11.7 Å². The Labute approximate surface area is 121 Å². The number of benzene rings is 1. The lowest BCUT2D eigenvalue weighted by atomic mass is 10.1. The molecule has 1 amide bonds. The molecule has 2 saturated heterocycles. The fourth-order valence-electron chi connectivity index (χ4n) is 3.08. The molecule has 1 unspecified atom stereocenters. The summed E-state index contributed by atoms with van der Waals surface area (Å²) in [6.45, 7) is 1.96. The zero-order valence-electron chi connectivity index (χ0n) is 11.5. The molecule has 2 fully saturated rings. The van der Waals surface area contributed by atoms with Crippen LogP contribution in [-0.4, -0.2) is 53.7 Å². The topological polar surface area (TPSA) is 40.6 Å². The van der Waals surface area contributed by atoms with Crippen LogP contribution in [0.25, 0.3) is 0 Å². The number of ketones is 1. The zero-order chi connectivity index (χ0) is 15.0. The van der Waals surface area contributed by atoms with Gasteiger partial charge in [0, 0.05) is 38.2 Å². The summed E-state index contributed by atoms with van der Waals surface area (Å²) in [5.41, 5.74) is -0.0821. The molecule has 4 nitrogen and oxygen atoms in total. The van der Waals surface area contributed by atoms with Crippen LogP contribution < -0.4 is 0 Å². The Morgan fingerprint density at radius 2 is 2.10 bits per heavy atom. The highest BCUT2D eigenvalue weighted by atomic mass is 19.1. The molecule has 0 aromatic heterocycles. The van der Waals surface area contributed by atoms with Gasteiger partial charge < -0.3 is 4.90 Å². The first kappa shape index (κ1) is 14.1. The third kappa shape index (κ3) is 2.81. The van der Waals surface area contributed by atoms with Gasteiger partial charge in [0.05, 0.1) is 12.1 Å². The van der Waals surface area contributed by atoms with Crippen molar-refractivity contribution in [2.75, 3.05) is 26.2 Å². The second-order valence-corrected chi connectivity index (χ2v) is 5.56. The van der Waals surface area contributed by atoms with Crippen LogP contribution in [0.1, 0.15) is 23.2 Å². The molecule has 0 saturated carbocycles. The molecule has 0 spiro atoms. The monoisotopic (exact) mass is 294 g/mol. The first-order valence-corrected chi connectivity index (χ1v) is 7.04. The van der Waals surface area contributed by atoms with Gasteiger partial charge in [-0.05, 0) is 18.6 Å². The van der Waals surface area contributed by atoms with Gasteiger partial charge in [0.25, 0.3) is 0 Å². The summed E-state index contributed by atoms with van der Waals surface area (Å²) in [6, 6.07) is 3.16. The Kier molecular flexibility index (Phi) is 3.71. The highest BCUT2D eigenvalue weighted by Gasteiger charge is 2.35. The summed E-state index contributed by atoms with van der Waals surface area (Å²) in [6.07, 6.45) is 1.38. The van der Waals surface area contributed by atoms with Gasteiger partial charge in [0.15, 0.2) is 5.78 Å². The van der Waals surface area contributed by atoms with Gasteiger partial charge in [-0.1, -0.05) is 0 Å². The molecule has 112 valence electrons. The number of nitrogens with zero attached hydrogens (tertiary/aromatic N) is 2. The molecule has 6 heteroatoms. The number of hydrogen-bond donors (Lipinski definition) is 0. The lowest BCUT2D eigenvalue weighted by Gasteiger charge is -2.37. The molecular formula is C15H16F2N2O2. The Morgan fingerprint density at radius 3 is 2.86 bits per heavy atom. The number of fused-ring (bicyclic) bond motifs is 1. The van der Waals surface area contributed by atoms with Crippen LogP contribution in [0.15, 0.2) is 18.2 Å². The molecule has 0 bridgehead atoms. The summed E-state index contributed by atoms with van der Waals surface area (Å²) in [5, 5.41) is 0. The lowest BCUT2D eigenvalue weighted by Crippen LogP contribution is -2.52. The van der Waals surface area contributed by atoms with Crippen molar-refractivity contribution in [3.8, 4) is 0 Å². The minimum atomic E-state index is -0.824. The van der Waals surface area contributed by atoms with Crippen LogP contribution in [0.2, 0.25) is 0 Å². The maximum Gasteiger partial charge on any atom is 0.222 e. The second-order valence-electron chi connectivity index (χ2n) is 5.56. The van der Waals surface area contributed by atoms with E-state index in [1.807, 2.05) is 9.80 Å². The van der Waals surface area contributed by atoms with E-state index in [-0.39, 0.29) is 29.8 Å². The van der Waals surface area contributed by atoms with E-state index in [1.54, 1.807) is 0 Å². The minimum Gasteiger partial charge on any atom is -0.337 e. The fourth-order valence-corrected chi connectivity index (χ4v) is 3.08. The fraction of sp³-hybridized carbons (Fsp3) is 0.467. The van der Waals surface area contributed by atoms with Gasteiger partial charge in [-0.3, -0.25) is 14.5 Å². The van der Waals surface area contributed by atoms with Crippen molar-refractivity contribution in [3.05, 3.63) is 35.4 Å². The Balaban J connectivity index is 1.64. The summed E-state index contributed by atoms with van der Waals surface area (Å²) in [7, 11) is 0. The summed E-state index contributed by atoms with van der Waals surface area (Å²) >= 11 is 0. The SMILES string of the molecule is O=C(CN1CCN2C(=O)CCC2C1)c1ccc(F)cc1F. The van der Waals surface area contributed by atoms with E-state index in [0.29, 0.717) is 26.1 Å². The van der Waals surface area contributed by atoms with E-state index in [4.69, 9.17) is 0 Å². The molecule has 2 aliphatic heterocycles. The van der Waals surface area contributed by atoms with Gasteiger partial charge in [0.1, 0.15) is 11.6 Å². The smallest absolute Gasteiger partial charge is 0.222 e. The maximum atomic E-state index is 13.6. The van der Waals surface area contributed by atoms with Gasteiger partial charge in [-0.25, -0.2) is 8.78 Å². The van der Waals surface area contributed by atoms with Crippen LogP contribution in [-0.2, 0) is 4.79 Å². The van der Waals surface area contributed by atoms with Gasteiger partial charge >= 0.3 is 0 Å². The van der Waals surface area contributed by atoms with Crippen LogP contribution in [0, 0.1) is 11.6 Å². The summed E-state index contributed by atoms with van der Waals surface area (Å²) in [4.78, 5) is 27.5. The number of amides is 1. The van der Waals surface area contributed by atoms with Crippen LogP contribution in [0.4, 0.5) is 8.78 Å². The van der Waals surface area contributed by atoms with E-state index < -0.39 is 11.6 Å². The third-order valence-corrected chi connectivity index (χ3v) is 4.18. The standard InChI is InChI=1S/C15H16F2N2O2/c16-10-1-3-12(13(17)7-10)14(20)9-18-5-6-19-11(8-18)2-4-15(19)21/h1,3,7,11H,2,4-6,8-9H2. The van der Waals surface area contributed by atoms with Crippen molar-refractivity contribution in [1.29, 1.82) is 0 Å². The van der Waals surface area contributed by atoms with Crippen LogP contribution >= 0.6 is 0 Å². The Bertz CT molecular complexity index is 591. The molecule has 1 atom stereocenters. The highest BCUT2D eigenvalue weighted by Crippen LogP contribution is 2.23. The summed E-state index contributed by atoms with van der Waals surface area (Å²) < 4.78 is 26.4. The largest absolute Gasteiger partial charge is 0.337 e. The third-order valence-electron chi connectivity index (χ3n) is 4.18. The number of carbonyl (C=O) groups is 2. The van der Waals surface area contributed by atoms with Crippen LogP contribution in [0.5, 0.6) is 0 Å². The normalized spacial score (nSPS) is 22.5. The van der Waals surface area contributed by atoms with Gasteiger partial charge in [0.2, 0.25) is 5.91 Å². The number of rotatable bonds is 3. The van der Waals surface area contributed by atoms with E-state index in [0.717, 1.165) is 18.6 Å². The van der Waals surface area contributed by atoms with Gasteiger partial charge in [-0.15, -0.1) is 0 Å². The Hall–Kier alpha value is -1.82. The molecule has 0 N–H and O–H groups in total. The molecule has 21 heavy (non-hydrogen) atoms. The van der Waals surface area contributed by atoms with Crippen LogP contribution in [0.3, 0.4) is 0 Å². The first-order chi connectivity index (χ1) is 10.0. The number of Topliss-reactive ketones (excluding diaryl/α,β-unsaturated/α-hetero) is 1. The number of hydrogen-bond acceptors (Lipinski definition) is 3. The predicted octanol–water partition coefficient (Wildman–Crippen LogP) is 1.45. The average Bonchev–Trinajstić information content (AvgIpc) is 2.80. The highest BCUT2D eigenvalue weighted by molar-refractivity contribution is 5.97. The average molecular weight is 294 g/mol. The van der Waals surface area contributed by atoms with E-state index in [1.165, 1.54) is 6.07 Å². The minimum absolute atomic E-state index is 0.0821. The molecule has 2 heterocycles. The lowest BCUT2D eigenvalue weighted by molar-refractivity contribution is -0.130. The first-order valence-electron chi connectivity index (χ1n) is 7.04. The number of carbonyl (C=O) groups excluding carboxylic acids is 2. The number of piperazine rings is 1. The van der Waals surface area contributed by atoms with Crippen molar-refractivity contribution in [2.24, 2.45) is 0 Å². The molecule has 2 aliphatic rings. The van der Waals surface area contributed by atoms with Crippen molar-refractivity contribution in [2.45, 2.75) is 18.9 Å². The second kappa shape index (κ2) is 5.52. The van der Waals surface area contributed by atoms with E-state index in [2.05, 4.69) is 0 Å². The zero-order valence-corrected chi connectivity index (χ0v) is 11.5. The van der Waals surface area contributed by atoms with Gasteiger partial charge in [-0.2, -0.15) is 0 Å². The molecule has 1 aromatic rings. The molecule has 3 rings (SSSR count). The molecule has 1 aromatic carbocycles. The number of halogens is 2. The van der Waals surface area contributed by atoms with Crippen molar-refractivity contribution in [1.82, 2.24) is 9.80 Å². The van der Waals surface area contributed by atoms with Crippen molar-refractivity contribution < 1.29 is 18.4 Å². The molecular weight excluding hydrogens is 278 g/mol. The molecule has 0 aliphatic carbocycles. The van der Waals surface area contributed by atoms with E-state index >= 15 is 0 Å².